The lowest BCUT2D eigenvalue weighted by Gasteiger charge is -2.12. The van der Waals surface area contributed by atoms with Crippen molar-refractivity contribution in [2.75, 3.05) is 40.5 Å². The van der Waals surface area contributed by atoms with Crippen molar-refractivity contribution in [3.8, 4) is 5.88 Å². The van der Waals surface area contributed by atoms with Crippen molar-refractivity contribution in [2.45, 2.75) is 12.6 Å². The Kier molecular flexibility index (Phi) is 8.17. The van der Waals surface area contributed by atoms with Crippen LogP contribution in [0.4, 0.5) is 13.2 Å². The van der Waals surface area contributed by atoms with Gasteiger partial charge in [0.2, 0.25) is 5.88 Å². The van der Waals surface area contributed by atoms with Crippen LogP contribution in [0.25, 0.3) is 0 Å². The molecule has 9 heteroatoms. The van der Waals surface area contributed by atoms with E-state index < -0.39 is 11.7 Å². The SMILES string of the molecule is CN=C(NCCCOC)NCCOc1ccc(C(F)(F)F)cn1. The first-order chi connectivity index (χ1) is 11.0. The zero-order valence-corrected chi connectivity index (χ0v) is 13.1. The van der Waals surface area contributed by atoms with Gasteiger partial charge in [-0.2, -0.15) is 13.2 Å². The number of hydrogen-bond acceptors (Lipinski definition) is 4. The number of nitrogens with zero attached hydrogens (tertiary/aromatic N) is 2. The minimum absolute atomic E-state index is 0.142. The van der Waals surface area contributed by atoms with E-state index in [1.165, 1.54) is 6.07 Å². The third-order valence-electron chi connectivity index (χ3n) is 2.75. The number of aliphatic imine (C=N–C) groups is 1. The standard InChI is InChI=1S/C14H21F3N4O2/c1-18-13(19-6-3-8-22-2)20-7-9-23-12-5-4-11(10-21-12)14(15,16)17/h4-5,10H,3,6-9H2,1-2H3,(H2,18,19,20). The molecule has 1 aromatic rings. The molecule has 0 spiro atoms. The van der Waals surface area contributed by atoms with Crippen LogP contribution in [0.5, 0.6) is 5.88 Å². The van der Waals surface area contributed by atoms with E-state index in [0.717, 1.165) is 25.2 Å². The lowest BCUT2D eigenvalue weighted by atomic mass is 10.3. The highest BCUT2D eigenvalue weighted by Gasteiger charge is 2.30. The maximum absolute atomic E-state index is 12.4. The van der Waals surface area contributed by atoms with E-state index in [1.54, 1.807) is 14.2 Å². The number of methoxy groups -OCH3 is 1. The normalized spacial score (nSPS) is 12.1. The Morgan fingerprint density at radius 3 is 2.52 bits per heavy atom. The van der Waals surface area contributed by atoms with E-state index in [1.807, 2.05) is 0 Å². The second-order valence-corrected chi connectivity index (χ2v) is 4.50. The van der Waals surface area contributed by atoms with Gasteiger partial charge in [0.1, 0.15) is 6.61 Å². The maximum Gasteiger partial charge on any atom is 0.417 e. The van der Waals surface area contributed by atoms with Gasteiger partial charge in [-0.15, -0.1) is 0 Å². The predicted molar refractivity (Wildman–Crippen MR) is 80.6 cm³/mol. The highest BCUT2D eigenvalue weighted by molar-refractivity contribution is 5.79. The summed E-state index contributed by atoms with van der Waals surface area (Å²) in [6.45, 7) is 2.06. The van der Waals surface area contributed by atoms with Gasteiger partial charge in [-0.25, -0.2) is 4.98 Å². The first-order valence-electron chi connectivity index (χ1n) is 7.07. The lowest BCUT2D eigenvalue weighted by Crippen LogP contribution is -2.39. The van der Waals surface area contributed by atoms with Crippen LogP contribution in [-0.4, -0.2) is 51.4 Å². The maximum atomic E-state index is 12.4. The van der Waals surface area contributed by atoms with E-state index in [4.69, 9.17) is 9.47 Å². The Morgan fingerprint density at radius 2 is 1.96 bits per heavy atom. The van der Waals surface area contributed by atoms with Crippen molar-refractivity contribution in [1.82, 2.24) is 15.6 Å². The summed E-state index contributed by atoms with van der Waals surface area (Å²) in [6.07, 6.45) is -2.80. The summed E-state index contributed by atoms with van der Waals surface area (Å²) in [7, 11) is 3.28. The van der Waals surface area contributed by atoms with Crippen LogP contribution in [-0.2, 0) is 10.9 Å². The van der Waals surface area contributed by atoms with Gasteiger partial charge in [0, 0.05) is 39.6 Å². The molecule has 1 heterocycles. The Labute approximate surface area is 133 Å². The minimum atomic E-state index is -4.39. The number of aromatic nitrogens is 1. The van der Waals surface area contributed by atoms with E-state index in [0.29, 0.717) is 19.1 Å². The van der Waals surface area contributed by atoms with Crippen molar-refractivity contribution >= 4 is 5.96 Å². The molecule has 0 aliphatic rings. The smallest absolute Gasteiger partial charge is 0.417 e. The van der Waals surface area contributed by atoms with Crippen molar-refractivity contribution in [1.29, 1.82) is 0 Å². The number of nitrogens with one attached hydrogen (secondary N) is 2. The largest absolute Gasteiger partial charge is 0.476 e. The number of halogens is 3. The molecular formula is C14H21F3N4O2. The summed E-state index contributed by atoms with van der Waals surface area (Å²) in [5.41, 5.74) is -0.802. The van der Waals surface area contributed by atoms with Gasteiger partial charge in [0.05, 0.1) is 12.1 Å². The number of ether oxygens (including phenoxy) is 2. The predicted octanol–water partition coefficient (Wildman–Crippen LogP) is 1.68. The molecule has 130 valence electrons. The summed E-state index contributed by atoms with van der Waals surface area (Å²) in [5.74, 6) is 0.757. The second-order valence-electron chi connectivity index (χ2n) is 4.50. The van der Waals surface area contributed by atoms with Crippen LogP contribution in [0, 0.1) is 0 Å². The fourth-order valence-corrected chi connectivity index (χ4v) is 1.60. The van der Waals surface area contributed by atoms with Gasteiger partial charge in [-0.1, -0.05) is 0 Å². The summed E-state index contributed by atoms with van der Waals surface area (Å²) in [5, 5.41) is 6.11. The van der Waals surface area contributed by atoms with E-state index in [9.17, 15) is 13.2 Å². The van der Waals surface area contributed by atoms with Gasteiger partial charge < -0.3 is 20.1 Å². The monoisotopic (exact) mass is 334 g/mol. The third kappa shape index (κ3) is 7.68. The molecule has 2 N–H and O–H groups in total. The van der Waals surface area contributed by atoms with Crippen LogP contribution < -0.4 is 15.4 Å². The fourth-order valence-electron chi connectivity index (χ4n) is 1.60. The Hall–Kier alpha value is -2.03. The average Bonchev–Trinajstić information content (AvgIpc) is 2.53. The summed E-state index contributed by atoms with van der Waals surface area (Å²) < 4.78 is 47.4. The number of alkyl halides is 3. The van der Waals surface area contributed by atoms with Gasteiger partial charge in [0.25, 0.3) is 0 Å². The van der Waals surface area contributed by atoms with Crippen molar-refractivity contribution in [2.24, 2.45) is 4.99 Å². The Bertz CT molecular complexity index is 478. The zero-order chi connectivity index (χ0) is 17.1. The van der Waals surface area contributed by atoms with Crippen LogP contribution in [0.15, 0.2) is 23.3 Å². The molecule has 1 aromatic heterocycles. The summed E-state index contributed by atoms with van der Waals surface area (Å²) >= 11 is 0. The van der Waals surface area contributed by atoms with Crippen LogP contribution in [0.2, 0.25) is 0 Å². The number of rotatable bonds is 8. The molecule has 6 nitrogen and oxygen atoms in total. The van der Waals surface area contributed by atoms with Crippen molar-refractivity contribution in [3.05, 3.63) is 23.9 Å². The zero-order valence-electron chi connectivity index (χ0n) is 13.1. The number of guanidine groups is 1. The van der Waals surface area contributed by atoms with Crippen LogP contribution >= 0.6 is 0 Å². The fraction of sp³-hybridized carbons (Fsp3) is 0.571. The molecule has 0 atom stereocenters. The first-order valence-corrected chi connectivity index (χ1v) is 7.07. The highest BCUT2D eigenvalue weighted by atomic mass is 19.4. The first kappa shape index (κ1) is 19.0. The molecule has 0 aliphatic heterocycles. The molecule has 0 aromatic carbocycles. The van der Waals surface area contributed by atoms with E-state index >= 15 is 0 Å². The molecule has 0 unspecified atom stereocenters. The average molecular weight is 334 g/mol. The molecule has 0 aliphatic carbocycles. The molecule has 1 rings (SSSR count). The topological polar surface area (TPSA) is 67.8 Å². The molecule has 0 fully saturated rings. The quantitative estimate of drug-likeness (QED) is 0.430. The Balaban J connectivity index is 2.25. The molecule has 0 bridgehead atoms. The molecule has 23 heavy (non-hydrogen) atoms. The van der Waals surface area contributed by atoms with Gasteiger partial charge in [-0.3, -0.25) is 4.99 Å². The van der Waals surface area contributed by atoms with Gasteiger partial charge in [0.15, 0.2) is 5.96 Å². The van der Waals surface area contributed by atoms with E-state index in [2.05, 4.69) is 20.6 Å². The Morgan fingerprint density at radius 1 is 1.22 bits per heavy atom. The molecule has 0 saturated heterocycles. The minimum Gasteiger partial charge on any atom is -0.476 e. The van der Waals surface area contributed by atoms with Crippen molar-refractivity contribution < 1.29 is 22.6 Å². The summed E-state index contributed by atoms with van der Waals surface area (Å²) in [4.78, 5) is 7.65. The van der Waals surface area contributed by atoms with Crippen molar-refractivity contribution in [3.63, 3.8) is 0 Å². The van der Waals surface area contributed by atoms with Crippen LogP contribution in [0.3, 0.4) is 0 Å². The summed E-state index contributed by atoms with van der Waals surface area (Å²) in [6, 6.07) is 2.13. The van der Waals surface area contributed by atoms with Gasteiger partial charge >= 0.3 is 6.18 Å². The molecule has 0 radical (unpaired) electrons. The highest BCUT2D eigenvalue weighted by Crippen LogP contribution is 2.29. The third-order valence-corrected chi connectivity index (χ3v) is 2.75. The molecule has 0 amide bonds. The van der Waals surface area contributed by atoms with E-state index in [-0.39, 0.29) is 12.5 Å². The van der Waals surface area contributed by atoms with Gasteiger partial charge in [-0.05, 0) is 12.5 Å². The molecule has 0 saturated carbocycles. The lowest BCUT2D eigenvalue weighted by molar-refractivity contribution is -0.137. The van der Waals surface area contributed by atoms with Crippen LogP contribution in [0.1, 0.15) is 12.0 Å². The number of hydrogen-bond donors (Lipinski definition) is 2. The number of pyridine rings is 1. The molecular weight excluding hydrogens is 313 g/mol. The second kappa shape index (κ2) is 9.88.